The Hall–Kier alpha value is -1.59. The average molecular weight is 353 g/mol. The van der Waals surface area contributed by atoms with Gasteiger partial charge in [-0.3, -0.25) is 9.59 Å². The van der Waals surface area contributed by atoms with Crippen molar-refractivity contribution in [2.45, 2.75) is 76.2 Å². The molecule has 6 heteroatoms. The molecule has 0 heterocycles. The Bertz CT molecular complexity index is 280. The summed E-state index contributed by atoms with van der Waals surface area (Å²) in [7, 11) is 1.40. The number of rotatable bonds is 3. The van der Waals surface area contributed by atoms with E-state index < -0.39 is 11.9 Å². The standard InChI is InChI=1S/C6H10O4.C6H12O2.3C2H6/c1-3-9-6(8)4-10-5(2)7;1-6(2,3)5(7)8-4;3*1-2/h3-4H2,1-2H3;1-4H3;3*1-2H3. The number of hydrogen-bond acceptors (Lipinski definition) is 6. The summed E-state index contributed by atoms with van der Waals surface area (Å²) in [5, 5.41) is 0. The third-order valence-electron chi connectivity index (χ3n) is 1.50. The van der Waals surface area contributed by atoms with E-state index in [0.717, 1.165) is 0 Å². The monoisotopic (exact) mass is 352 g/mol. The summed E-state index contributed by atoms with van der Waals surface area (Å²) in [6.07, 6.45) is 0. The van der Waals surface area contributed by atoms with Crippen LogP contribution in [0.3, 0.4) is 0 Å². The van der Waals surface area contributed by atoms with Gasteiger partial charge in [0, 0.05) is 6.92 Å². The maximum Gasteiger partial charge on any atom is 0.344 e. The van der Waals surface area contributed by atoms with Gasteiger partial charge in [0.25, 0.3) is 0 Å². The van der Waals surface area contributed by atoms with Crippen LogP contribution < -0.4 is 0 Å². The first kappa shape index (κ1) is 33.9. The lowest BCUT2D eigenvalue weighted by Crippen LogP contribution is -2.21. The number of methoxy groups -OCH3 is 1. The van der Waals surface area contributed by atoms with Crippen LogP contribution in [0, 0.1) is 5.41 Å². The Kier molecular flexibility index (Phi) is 37.2. The van der Waals surface area contributed by atoms with Crippen molar-refractivity contribution in [2.24, 2.45) is 5.41 Å². The van der Waals surface area contributed by atoms with Crippen molar-refractivity contribution in [3.05, 3.63) is 0 Å². The van der Waals surface area contributed by atoms with E-state index in [0.29, 0.717) is 6.61 Å². The molecule has 0 bridgehead atoms. The summed E-state index contributed by atoms with van der Waals surface area (Å²) < 4.78 is 13.3. The number of carbonyl (C=O) groups is 3. The molecule has 0 rings (SSSR count). The molecular formula is C18H40O6. The summed E-state index contributed by atoms with van der Waals surface area (Å²) in [4.78, 5) is 31.2. The Morgan fingerprint density at radius 1 is 0.833 bits per heavy atom. The second kappa shape index (κ2) is 26.3. The zero-order valence-corrected chi connectivity index (χ0v) is 17.9. The van der Waals surface area contributed by atoms with E-state index in [4.69, 9.17) is 0 Å². The van der Waals surface area contributed by atoms with Gasteiger partial charge in [-0.2, -0.15) is 0 Å². The summed E-state index contributed by atoms with van der Waals surface area (Å²) in [5.74, 6) is -1.16. The van der Waals surface area contributed by atoms with Gasteiger partial charge in [0.1, 0.15) is 0 Å². The number of esters is 3. The van der Waals surface area contributed by atoms with Gasteiger partial charge in [0.2, 0.25) is 0 Å². The van der Waals surface area contributed by atoms with Crippen LogP contribution in [-0.4, -0.2) is 38.2 Å². The molecule has 0 aliphatic carbocycles. The van der Waals surface area contributed by atoms with Gasteiger partial charge in [-0.25, -0.2) is 4.79 Å². The molecule has 0 aromatic rings. The Balaban J connectivity index is -0.0000000771. The quantitative estimate of drug-likeness (QED) is 0.553. The minimum atomic E-state index is -0.516. The van der Waals surface area contributed by atoms with Crippen molar-refractivity contribution < 1.29 is 28.6 Å². The number of carbonyl (C=O) groups excluding carboxylic acids is 3. The van der Waals surface area contributed by atoms with Gasteiger partial charge in [-0.05, 0) is 27.7 Å². The summed E-state index contributed by atoms with van der Waals surface area (Å²) in [6, 6.07) is 0. The van der Waals surface area contributed by atoms with Crippen LogP contribution in [-0.2, 0) is 28.6 Å². The predicted molar refractivity (Wildman–Crippen MR) is 98.8 cm³/mol. The van der Waals surface area contributed by atoms with Gasteiger partial charge in [0.15, 0.2) is 6.61 Å². The molecule has 0 atom stereocenters. The number of hydrogen-bond donors (Lipinski definition) is 0. The first-order valence-electron chi connectivity index (χ1n) is 8.52. The fourth-order valence-corrected chi connectivity index (χ4v) is 0.669. The molecule has 24 heavy (non-hydrogen) atoms. The lowest BCUT2D eigenvalue weighted by atomic mass is 9.98. The van der Waals surface area contributed by atoms with Gasteiger partial charge in [-0.1, -0.05) is 41.5 Å². The van der Waals surface area contributed by atoms with Crippen molar-refractivity contribution in [2.75, 3.05) is 20.3 Å². The van der Waals surface area contributed by atoms with Crippen LogP contribution in [0.5, 0.6) is 0 Å². The van der Waals surface area contributed by atoms with E-state index in [1.54, 1.807) is 6.92 Å². The maximum absolute atomic E-state index is 10.6. The SMILES string of the molecule is CC.CC.CC.CCOC(=O)COC(C)=O.COC(=O)C(C)(C)C. The Morgan fingerprint density at radius 3 is 1.38 bits per heavy atom. The van der Waals surface area contributed by atoms with Gasteiger partial charge < -0.3 is 14.2 Å². The van der Waals surface area contributed by atoms with Gasteiger partial charge >= 0.3 is 17.9 Å². The molecule has 148 valence electrons. The van der Waals surface area contributed by atoms with Crippen molar-refractivity contribution in [1.29, 1.82) is 0 Å². The summed E-state index contributed by atoms with van der Waals surface area (Å²) in [5.41, 5.74) is -0.352. The normalized spacial score (nSPS) is 8.00. The van der Waals surface area contributed by atoms with Crippen LogP contribution >= 0.6 is 0 Å². The second-order valence-corrected chi connectivity index (χ2v) is 4.33. The molecule has 0 amide bonds. The Morgan fingerprint density at radius 2 is 1.21 bits per heavy atom. The van der Waals surface area contributed by atoms with E-state index >= 15 is 0 Å². The molecule has 0 spiro atoms. The lowest BCUT2D eigenvalue weighted by molar-refractivity contribution is -0.157. The summed E-state index contributed by atoms with van der Waals surface area (Å²) >= 11 is 0. The smallest absolute Gasteiger partial charge is 0.344 e. The first-order chi connectivity index (χ1) is 11.1. The highest BCUT2D eigenvalue weighted by atomic mass is 16.6. The van der Waals surface area contributed by atoms with E-state index in [9.17, 15) is 14.4 Å². The molecule has 0 radical (unpaired) electrons. The lowest BCUT2D eigenvalue weighted by Gasteiger charge is -2.13. The topological polar surface area (TPSA) is 78.9 Å². The van der Waals surface area contributed by atoms with Crippen molar-refractivity contribution >= 4 is 17.9 Å². The highest BCUT2D eigenvalue weighted by Crippen LogP contribution is 2.13. The average Bonchev–Trinajstić information content (AvgIpc) is 2.57. The third-order valence-corrected chi connectivity index (χ3v) is 1.50. The Labute approximate surface area is 149 Å². The van der Waals surface area contributed by atoms with E-state index in [2.05, 4.69) is 14.2 Å². The molecule has 0 unspecified atom stereocenters. The van der Waals surface area contributed by atoms with Crippen LogP contribution in [0.1, 0.15) is 76.2 Å². The largest absolute Gasteiger partial charge is 0.469 e. The molecule has 0 saturated carbocycles. The van der Waals surface area contributed by atoms with Gasteiger partial charge in [0.05, 0.1) is 19.1 Å². The fourth-order valence-electron chi connectivity index (χ4n) is 0.669. The molecule has 0 aromatic heterocycles. The molecule has 0 aliphatic heterocycles. The third kappa shape index (κ3) is 37.0. The molecule has 0 aromatic carbocycles. The molecule has 6 nitrogen and oxygen atoms in total. The van der Waals surface area contributed by atoms with Crippen LogP contribution in [0.25, 0.3) is 0 Å². The van der Waals surface area contributed by atoms with Crippen LogP contribution in [0.4, 0.5) is 0 Å². The molecule has 0 fully saturated rings. The van der Waals surface area contributed by atoms with Crippen LogP contribution in [0.15, 0.2) is 0 Å². The minimum Gasteiger partial charge on any atom is -0.469 e. The maximum atomic E-state index is 10.6. The fraction of sp³-hybridized carbons (Fsp3) is 0.833. The molecule has 0 saturated heterocycles. The second-order valence-electron chi connectivity index (χ2n) is 4.33. The minimum absolute atomic E-state index is 0.169. The van der Waals surface area contributed by atoms with E-state index in [1.807, 2.05) is 62.3 Å². The predicted octanol–water partition coefficient (Wildman–Crippen LogP) is 4.40. The first-order valence-corrected chi connectivity index (χ1v) is 8.52. The molecule has 0 aliphatic rings. The van der Waals surface area contributed by atoms with E-state index in [-0.39, 0.29) is 18.0 Å². The number of ether oxygens (including phenoxy) is 3. The highest BCUT2D eigenvalue weighted by molar-refractivity contribution is 5.75. The zero-order valence-electron chi connectivity index (χ0n) is 17.9. The van der Waals surface area contributed by atoms with Crippen molar-refractivity contribution in [1.82, 2.24) is 0 Å². The molecule has 0 N–H and O–H groups in total. The summed E-state index contributed by atoms with van der Waals surface area (Å²) in [6.45, 7) is 20.4. The van der Waals surface area contributed by atoms with Crippen molar-refractivity contribution in [3.63, 3.8) is 0 Å². The van der Waals surface area contributed by atoms with Crippen LogP contribution in [0.2, 0.25) is 0 Å². The van der Waals surface area contributed by atoms with Gasteiger partial charge in [-0.15, -0.1) is 0 Å². The van der Waals surface area contributed by atoms with Crippen molar-refractivity contribution in [3.8, 4) is 0 Å². The highest BCUT2D eigenvalue weighted by Gasteiger charge is 2.21. The van der Waals surface area contributed by atoms with E-state index in [1.165, 1.54) is 14.0 Å². The zero-order chi connectivity index (χ0) is 20.8. The molecular weight excluding hydrogens is 312 g/mol.